The van der Waals surface area contributed by atoms with E-state index in [2.05, 4.69) is 10.3 Å². The van der Waals surface area contributed by atoms with Gasteiger partial charge in [-0.25, -0.2) is 4.79 Å². The van der Waals surface area contributed by atoms with Crippen molar-refractivity contribution in [2.24, 2.45) is 5.41 Å². The first kappa shape index (κ1) is 17.8. The molecule has 2 aliphatic rings. The number of carbonyl (C=O) groups is 2. The van der Waals surface area contributed by atoms with Gasteiger partial charge in [0.15, 0.2) is 0 Å². The van der Waals surface area contributed by atoms with Gasteiger partial charge >= 0.3 is 5.97 Å². The largest absolute Gasteiger partial charge is 0.478 e. The van der Waals surface area contributed by atoms with Crippen LogP contribution in [-0.2, 0) is 9.47 Å². The molecule has 136 valence electrons. The summed E-state index contributed by atoms with van der Waals surface area (Å²) in [6, 6.07) is 1.39. The van der Waals surface area contributed by atoms with Crippen LogP contribution in [0.25, 0.3) is 0 Å². The van der Waals surface area contributed by atoms with Gasteiger partial charge in [-0.15, -0.1) is 0 Å². The summed E-state index contributed by atoms with van der Waals surface area (Å²) in [4.78, 5) is 27.9. The molecule has 1 aromatic rings. The number of rotatable bonds is 5. The predicted molar refractivity (Wildman–Crippen MR) is 89.7 cm³/mol. The molecule has 0 unspecified atom stereocenters. The molecule has 1 saturated heterocycles. The summed E-state index contributed by atoms with van der Waals surface area (Å²) >= 11 is 0. The quantitative estimate of drug-likeness (QED) is 0.842. The number of nitrogens with zero attached hydrogens (tertiary/aromatic N) is 1. The Morgan fingerprint density at radius 1 is 1.44 bits per heavy atom. The van der Waals surface area contributed by atoms with Crippen molar-refractivity contribution in [2.45, 2.75) is 45.3 Å². The lowest BCUT2D eigenvalue weighted by Gasteiger charge is -2.57. The van der Waals surface area contributed by atoms with Crippen LogP contribution in [0.3, 0.4) is 0 Å². The first-order valence-corrected chi connectivity index (χ1v) is 8.68. The molecule has 1 saturated carbocycles. The molecule has 0 aromatic carbocycles. The molecule has 7 heteroatoms. The maximum Gasteiger partial charge on any atom is 0.337 e. The van der Waals surface area contributed by atoms with Crippen molar-refractivity contribution in [3.63, 3.8) is 0 Å². The predicted octanol–water partition coefficient (Wildman–Crippen LogP) is 1.79. The third-order valence-corrected chi connectivity index (χ3v) is 5.46. The Morgan fingerprint density at radius 2 is 2.16 bits per heavy atom. The van der Waals surface area contributed by atoms with Crippen LogP contribution in [-0.4, -0.2) is 53.9 Å². The zero-order chi connectivity index (χ0) is 18.0. The summed E-state index contributed by atoms with van der Waals surface area (Å²) in [5.74, 6) is -1.37. The fraction of sp³-hybridized carbons (Fsp3) is 0.611. The molecule has 1 spiro atoms. The van der Waals surface area contributed by atoms with Crippen LogP contribution in [0, 0.1) is 12.3 Å². The van der Waals surface area contributed by atoms with Crippen molar-refractivity contribution >= 4 is 11.9 Å². The van der Waals surface area contributed by atoms with E-state index in [0.717, 1.165) is 19.3 Å². The van der Waals surface area contributed by atoms with Crippen molar-refractivity contribution in [2.75, 3.05) is 19.8 Å². The number of carboxylic acids is 1. The van der Waals surface area contributed by atoms with Crippen LogP contribution in [0.2, 0.25) is 0 Å². The zero-order valence-corrected chi connectivity index (χ0v) is 14.6. The Bertz CT molecular complexity index is 669. The van der Waals surface area contributed by atoms with Gasteiger partial charge in [-0.1, -0.05) is 0 Å². The standard InChI is InChI=1S/C18H24N2O5/c1-3-25-15-9-14(18(15)4-6-24-7-5-18)20-16(21)13-8-12(17(22)23)10-19-11(13)2/h8,10,14-15H,3-7,9H2,1-2H3,(H,20,21)(H,22,23)/t14-,15-/m1/s1. The van der Waals surface area contributed by atoms with Crippen LogP contribution in [0.1, 0.15) is 52.6 Å². The molecule has 2 N–H and O–H groups in total. The van der Waals surface area contributed by atoms with Crippen LogP contribution in [0.4, 0.5) is 0 Å². The lowest BCUT2D eigenvalue weighted by atomic mass is 9.57. The lowest BCUT2D eigenvalue weighted by molar-refractivity contribution is -0.170. The average molecular weight is 348 g/mol. The lowest BCUT2D eigenvalue weighted by Crippen LogP contribution is -2.66. The van der Waals surface area contributed by atoms with E-state index in [1.165, 1.54) is 12.3 Å². The highest BCUT2D eigenvalue weighted by atomic mass is 16.5. The van der Waals surface area contributed by atoms with Crippen molar-refractivity contribution in [3.8, 4) is 0 Å². The monoisotopic (exact) mass is 348 g/mol. The van der Waals surface area contributed by atoms with E-state index in [9.17, 15) is 9.59 Å². The van der Waals surface area contributed by atoms with Gasteiger partial charge in [-0.2, -0.15) is 0 Å². The summed E-state index contributed by atoms with van der Waals surface area (Å²) in [5.41, 5.74) is 0.749. The van der Waals surface area contributed by atoms with E-state index in [1.807, 2.05) is 6.92 Å². The van der Waals surface area contributed by atoms with Crippen LogP contribution in [0.5, 0.6) is 0 Å². The highest BCUT2D eigenvalue weighted by Gasteiger charge is 2.56. The van der Waals surface area contributed by atoms with Crippen molar-refractivity contribution in [1.82, 2.24) is 10.3 Å². The topological polar surface area (TPSA) is 97.8 Å². The zero-order valence-electron chi connectivity index (χ0n) is 14.6. The number of aromatic nitrogens is 1. The number of hydrogen-bond acceptors (Lipinski definition) is 5. The van der Waals surface area contributed by atoms with E-state index in [-0.39, 0.29) is 29.0 Å². The minimum absolute atomic E-state index is 0.00772. The Morgan fingerprint density at radius 3 is 2.80 bits per heavy atom. The number of carbonyl (C=O) groups excluding carboxylic acids is 1. The van der Waals surface area contributed by atoms with Gasteiger partial charge in [0, 0.05) is 37.5 Å². The SMILES string of the molecule is CCO[C@@H]1C[C@@H](NC(=O)c2cc(C(=O)O)cnc2C)C12CCOCC2. The Balaban J connectivity index is 1.76. The molecule has 0 bridgehead atoms. The normalized spacial score (nSPS) is 24.6. The average Bonchev–Trinajstić information content (AvgIpc) is 2.61. The molecule has 2 heterocycles. The maximum atomic E-state index is 12.7. The fourth-order valence-corrected chi connectivity index (χ4v) is 3.92. The Kier molecular flexibility index (Phi) is 5.06. The highest BCUT2D eigenvalue weighted by molar-refractivity contribution is 5.98. The van der Waals surface area contributed by atoms with E-state index in [0.29, 0.717) is 31.1 Å². The third kappa shape index (κ3) is 3.26. The van der Waals surface area contributed by atoms with Crippen molar-refractivity contribution in [1.29, 1.82) is 0 Å². The Hall–Kier alpha value is -1.99. The Labute approximate surface area is 146 Å². The van der Waals surface area contributed by atoms with E-state index in [4.69, 9.17) is 14.6 Å². The van der Waals surface area contributed by atoms with Gasteiger partial charge in [0.2, 0.25) is 0 Å². The highest BCUT2D eigenvalue weighted by Crippen LogP contribution is 2.50. The van der Waals surface area contributed by atoms with Crippen LogP contribution < -0.4 is 5.32 Å². The van der Waals surface area contributed by atoms with Crippen LogP contribution >= 0.6 is 0 Å². The maximum absolute atomic E-state index is 12.7. The number of aromatic carboxylic acids is 1. The number of pyridine rings is 1. The smallest absolute Gasteiger partial charge is 0.337 e. The molecule has 0 radical (unpaired) electrons. The molecule has 1 aromatic heterocycles. The molecular weight excluding hydrogens is 324 g/mol. The minimum Gasteiger partial charge on any atom is -0.478 e. The van der Waals surface area contributed by atoms with E-state index >= 15 is 0 Å². The summed E-state index contributed by atoms with van der Waals surface area (Å²) in [7, 11) is 0. The van der Waals surface area contributed by atoms with Crippen molar-refractivity contribution < 1.29 is 24.2 Å². The second-order valence-corrected chi connectivity index (χ2v) is 6.71. The molecule has 1 amide bonds. The van der Waals surface area contributed by atoms with Gasteiger partial charge < -0.3 is 19.9 Å². The van der Waals surface area contributed by atoms with Gasteiger partial charge in [0.05, 0.1) is 22.9 Å². The molecule has 2 atom stereocenters. The second-order valence-electron chi connectivity index (χ2n) is 6.71. The van der Waals surface area contributed by atoms with E-state index in [1.54, 1.807) is 6.92 Å². The fourth-order valence-electron chi connectivity index (χ4n) is 3.92. The minimum atomic E-state index is -1.09. The first-order chi connectivity index (χ1) is 12.0. The number of carboxylic acid groups (broad SMARTS) is 1. The molecule has 3 rings (SSSR count). The summed E-state index contributed by atoms with van der Waals surface area (Å²) in [6.07, 6.45) is 3.88. The number of nitrogens with one attached hydrogen (secondary N) is 1. The molecular formula is C18H24N2O5. The number of ether oxygens (including phenoxy) is 2. The first-order valence-electron chi connectivity index (χ1n) is 8.68. The molecule has 25 heavy (non-hydrogen) atoms. The summed E-state index contributed by atoms with van der Waals surface area (Å²) in [6.45, 7) is 5.67. The molecule has 1 aliphatic heterocycles. The van der Waals surface area contributed by atoms with Gasteiger partial charge in [-0.3, -0.25) is 9.78 Å². The van der Waals surface area contributed by atoms with Crippen molar-refractivity contribution in [3.05, 3.63) is 29.1 Å². The number of hydrogen-bond donors (Lipinski definition) is 2. The van der Waals surface area contributed by atoms with Gasteiger partial charge in [0.1, 0.15) is 0 Å². The third-order valence-electron chi connectivity index (χ3n) is 5.46. The molecule has 7 nitrogen and oxygen atoms in total. The van der Waals surface area contributed by atoms with E-state index < -0.39 is 5.97 Å². The van der Waals surface area contributed by atoms with Crippen LogP contribution in [0.15, 0.2) is 12.3 Å². The molecule has 2 fully saturated rings. The van der Waals surface area contributed by atoms with Gasteiger partial charge in [0.25, 0.3) is 5.91 Å². The summed E-state index contributed by atoms with van der Waals surface area (Å²) in [5, 5.41) is 12.2. The molecule has 1 aliphatic carbocycles. The second kappa shape index (κ2) is 7.09. The summed E-state index contributed by atoms with van der Waals surface area (Å²) < 4.78 is 11.3. The van der Waals surface area contributed by atoms with Gasteiger partial charge in [-0.05, 0) is 39.2 Å². The number of amides is 1. The number of aryl methyl sites for hydroxylation is 1.